The average Bonchev–Trinajstić information content (AvgIpc) is 3.02. The largest absolute Gasteiger partial charge is 0.481 e. The molecule has 3 rings (SSSR count). The van der Waals surface area contributed by atoms with Crippen LogP contribution in [0.5, 0.6) is 0 Å². The molecule has 0 radical (unpaired) electrons. The molecule has 1 unspecified atom stereocenters. The van der Waals surface area contributed by atoms with Crippen molar-refractivity contribution in [3.05, 3.63) is 59.7 Å². The normalized spacial score (nSPS) is 16.7. The van der Waals surface area contributed by atoms with E-state index in [0.29, 0.717) is 25.1 Å². The smallest absolute Gasteiger partial charge is 0.303 e. The monoisotopic (exact) mass is 372 g/mol. The summed E-state index contributed by atoms with van der Waals surface area (Å²) in [6.07, 6.45) is 0.576. The van der Waals surface area contributed by atoms with Gasteiger partial charge in [0.1, 0.15) is 5.84 Å². The second-order valence-corrected chi connectivity index (χ2v) is 7.30. The maximum absolute atomic E-state index is 12.8. The number of nitrogens with two attached hydrogens (primary N) is 1. The van der Waals surface area contributed by atoms with Crippen LogP contribution < -0.4 is 14.3 Å². The summed E-state index contributed by atoms with van der Waals surface area (Å²) in [7, 11) is 0. The molecule has 7 nitrogen and oxygen atoms in total. The van der Waals surface area contributed by atoms with E-state index in [9.17, 15) is 9.00 Å². The highest BCUT2D eigenvalue weighted by Gasteiger charge is 2.29. The van der Waals surface area contributed by atoms with Crippen molar-refractivity contribution in [3.63, 3.8) is 0 Å². The van der Waals surface area contributed by atoms with E-state index in [4.69, 9.17) is 16.2 Å². The Morgan fingerprint density at radius 1 is 1.04 bits per heavy atom. The summed E-state index contributed by atoms with van der Waals surface area (Å²) in [6, 6.07) is 14.6. The van der Waals surface area contributed by atoms with Gasteiger partial charge in [0.15, 0.2) is 0 Å². The van der Waals surface area contributed by atoms with Gasteiger partial charge in [-0.15, -0.1) is 0 Å². The number of carboxylic acids is 1. The second kappa shape index (κ2) is 7.57. The van der Waals surface area contributed by atoms with Gasteiger partial charge in [0, 0.05) is 12.0 Å². The van der Waals surface area contributed by atoms with Crippen LogP contribution in [0.2, 0.25) is 0 Å². The molecule has 1 saturated heterocycles. The Bertz CT molecular complexity index is 837. The van der Waals surface area contributed by atoms with Gasteiger partial charge in [-0.05, 0) is 48.4 Å². The first-order valence-corrected chi connectivity index (χ1v) is 9.24. The van der Waals surface area contributed by atoms with Crippen molar-refractivity contribution < 1.29 is 14.1 Å². The average molecular weight is 372 g/mol. The fraction of sp³-hybridized carbons (Fsp3) is 0.222. The van der Waals surface area contributed by atoms with Gasteiger partial charge in [0.05, 0.1) is 24.5 Å². The molecule has 0 saturated carbocycles. The zero-order valence-corrected chi connectivity index (χ0v) is 14.9. The van der Waals surface area contributed by atoms with E-state index in [-0.39, 0.29) is 12.3 Å². The Labute approximate surface area is 154 Å². The molecule has 0 bridgehead atoms. The lowest BCUT2D eigenvalue weighted by Crippen LogP contribution is -2.26. The number of benzene rings is 2. The molecular formula is C18H20N4O3S. The van der Waals surface area contributed by atoms with Crippen molar-refractivity contribution in [1.29, 1.82) is 5.41 Å². The summed E-state index contributed by atoms with van der Waals surface area (Å²) in [5.74, 6) is -0.815. The van der Waals surface area contributed by atoms with E-state index in [1.165, 1.54) is 0 Å². The number of hydrogen-bond acceptors (Lipinski definition) is 3. The van der Waals surface area contributed by atoms with E-state index < -0.39 is 17.1 Å². The highest BCUT2D eigenvalue weighted by Crippen LogP contribution is 2.27. The van der Waals surface area contributed by atoms with E-state index in [0.717, 1.165) is 16.9 Å². The highest BCUT2D eigenvalue weighted by atomic mass is 32.2. The Hall–Kier alpha value is -2.87. The number of hydrogen-bond donors (Lipinski definition) is 3. The van der Waals surface area contributed by atoms with Crippen LogP contribution in [0.15, 0.2) is 48.5 Å². The van der Waals surface area contributed by atoms with Crippen molar-refractivity contribution in [3.8, 4) is 0 Å². The van der Waals surface area contributed by atoms with Crippen LogP contribution in [0.1, 0.15) is 17.5 Å². The van der Waals surface area contributed by atoms with E-state index in [2.05, 4.69) is 0 Å². The summed E-state index contributed by atoms with van der Waals surface area (Å²) in [5.41, 5.74) is 8.69. The molecule has 2 aromatic rings. The van der Waals surface area contributed by atoms with Crippen molar-refractivity contribution in [2.45, 2.75) is 12.8 Å². The van der Waals surface area contributed by atoms with Gasteiger partial charge in [-0.25, -0.2) is 4.21 Å². The lowest BCUT2D eigenvalue weighted by Gasteiger charge is -2.20. The summed E-state index contributed by atoms with van der Waals surface area (Å²) in [5, 5.41) is 16.2. The third-order valence-electron chi connectivity index (χ3n) is 4.20. The van der Waals surface area contributed by atoms with Crippen molar-refractivity contribution in [1.82, 2.24) is 0 Å². The minimum Gasteiger partial charge on any atom is -0.481 e. The first kappa shape index (κ1) is 17.9. The molecule has 1 fully saturated rings. The number of aryl methyl sites for hydroxylation is 1. The molecule has 1 aliphatic rings. The lowest BCUT2D eigenvalue weighted by molar-refractivity contribution is -0.136. The third kappa shape index (κ3) is 3.85. The summed E-state index contributed by atoms with van der Waals surface area (Å²) in [6.45, 7) is 1.24. The number of nitrogen functional groups attached to an aromatic ring is 1. The molecule has 136 valence electrons. The fourth-order valence-corrected chi connectivity index (χ4v) is 4.10. The molecule has 4 N–H and O–H groups in total. The Kier molecular flexibility index (Phi) is 5.22. The van der Waals surface area contributed by atoms with Crippen molar-refractivity contribution >= 4 is 34.4 Å². The molecule has 0 aromatic heterocycles. The molecule has 8 heteroatoms. The van der Waals surface area contributed by atoms with Gasteiger partial charge in [0.2, 0.25) is 11.2 Å². The van der Waals surface area contributed by atoms with Gasteiger partial charge in [-0.2, -0.15) is 0 Å². The molecule has 0 amide bonds. The van der Waals surface area contributed by atoms with Gasteiger partial charge in [-0.3, -0.25) is 18.8 Å². The van der Waals surface area contributed by atoms with Crippen LogP contribution in [0.4, 0.5) is 11.4 Å². The summed E-state index contributed by atoms with van der Waals surface area (Å²) < 4.78 is 16.4. The molecule has 2 aromatic carbocycles. The van der Waals surface area contributed by atoms with Crippen molar-refractivity contribution in [2.24, 2.45) is 5.73 Å². The summed E-state index contributed by atoms with van der Waals surface area (Å²) in [4.78, 5) is 10.6. The number of carbonyl (C=O) groups is 1. The quantitative estimate of drug-likeness (QED) is 0.531. The Morgan fingerprint density at radius 3 is 2.00 bits per heavy atom. The number of rotatable bonds is 6. The van der Waals surface area contributed by atoms with Crippen LogP contribution in [-0.4, -0.2) is 34.2 Å². The number of carboxylic acid groups (broad SMARTS) is 1. The summed E-state index contributed by atoms with van der Waals surface area (Å²) >= 11 is -1.35. The zero-order valence-electron chi connectivity index (χ0n) is 14.1. The van der Waals surface area contributed by atoms with Crippen LogP contribution in [0.25, 0.3) is 0 Å². The number of nitrogens with one attached hydrogen (secondary N) is 1. The molecule has 0 spiro atoms. The minimum absolute atomic E-state index is 0.00343. The zero-order chi connectivity index (χ0) is 18.7. The number of aliphatic carboxylic acids is 1. The minimum atomic E-state index is -1.35. The number of amidine groups is 1. The van der Waals surface area contributed by atoms with E-state index >= 15 is 0 Å². The molecule has 1 atom stereocenters. The van der Waals surface area contributed by atoms with Crippen LogP contribution in [0, 0.1) is 5.41 Å². The predicted octanol–water partition coefficient (Wildman–Crippen LogP) is 1.89. The topological polar surface area (TPSA) is 111 Å². The lowest BCUT2D eigenvalue weighted by atomic mass is 10.1. The van der Waals surface area contributed by atoms with Crippen LogP contribution in [-0.2, 0) is 22.4 Å². The number of anilines is 2. The number of nitrogens with zero attached hydrogens (tertiary/aromatic N) is 2. The molecule has 26 heavy (non-hydrogen) atoms. The first-order chi connectivity index (χ1) is 12.5. The third-order valence-corrected chi connectivity index (χ3v) is 5.74. The standard InChI is InChI=1S/C18H20N4O3S/c19-18(20)14-4-8-16(9-5-14)22-12-11-21(26(22)25)15-6-1-13(2-7-15)3-10-17(23)24/h1-2,4-9H,3,10-12H2,(H3,19,20)(H,23,24). The van der Waals surface area contributed by atoms with Gasteiger partial charge in [0.25, 0.3) is 0 Å². The van der Waals surface area contributed by atoms with E-state index in [1.807, 2.05) is 36.4 Å². The molecule has 1 heterocycles. The van der Waals surface area contributed by atoms with E-state index in [1.54, 1.807) is 20.7 Å². The second-order valence-electron chi connectivity index (χ2n) is 5.96. The molecule has 1 aliphatic heterocycles. The van der Waals surface area contributed by atoms with Crippen LogP contribution >= 0.6 is 0 Å². The van der Waals surface area contributed by atoms with Gasteiger partial charge < -0.3 is 10.8 Å². The maximum atomic E-state index is 12.8. The fourth-order valence-electron chi connectivity index (χ4n) is 2.78. The maximum Gasteiger partial charge on any atom is 0.303 e. The Morgan fingerprint density at radius 2 is 1.54 bits per heavy atom. The Balaban J connectivity index is 1.70. The van der Waals surface area contributed by atoms with Gasteiger partial charge >= 0.3 is 5.97 Å². The SMILES string of the molecule is N=C(N)c1ccc(N2CCN(c3ccc(CCC(=O)O)cc3)S2=O)cc1. The molecule has 0 aliphatic carbocycles. The van der Waals surface area contributed by atoms with Crippen molar-refractivity contribution in [2.75, 3.05) is 21.7 Å². The van der Waals surface area contributed by atoms with Crippen LogP contribution in [0.3, 0.4) is 0 Å². The van der Waals surface area contributed by atoms with Gasteiger partial charge in [-0.1, -0.05) is 12.1 Å². The first-order valence-electron chi connectivity index (χ1n) is 8.18. The highest BCUT2D eigenvalue weighted by molar-refractivity contribution is 7.88. The molecular weight excluding hydrogens is 352 g/mol. The predicted molar refractivity (Wildman–Crippen MR) is 103 cm³/mol.